The molecular weight excluding hydrogens is 318 g/mol. The van der Waals surface area contributed by atoms with E-state index in [1.54, 1.807) is 0 Å². The van der Waals surface area contributed by atoms with E-state index < -0.39 is 0 Å². The molecule has 0 bridgehead atoms. The van der Waals surface area contributed by atoms with E-state index in [-0.39, 0.29) is 11.9 Å². The molecule has 2 nitrogen and oxygen atoms in total. The molecule has 0 atom stereocenters. The summed E-state index contributed by atoms with van der Waals surface area (Å²) in [5.74, 6) is 0.147. The van der Waals surface area contributed by atoms with Gasteiger partial charge >= 0.3 is 0 Å². The zero-order chi connectivity index (χ0) is 17.8. The molecule has 0 aromatic heterocycles. The first-order valence-corrected chi connectivity index (χ1v) is 8.97. The SMILES string of the molecule is O=C1C/C=C\c2ccccc2CN1C(c1ccccc1)c1ccccc1. The molecule has 0 N–H and O–H groups in total. The van der Waals surface area contributed by atoms with Crippen LogP contribution < -0.4 is 0 Å². The largest absolute Gasteiger partial charge is 0.327 e. The Morgan fingerprint density at radius 3 is 1.96 bits per heavy atom. The Morgan fingerprint density at radius 2 is 1.31 bits per heavy atom. The van der Waals surface area contributed by atoms with Crippen molar-refractivity contribution < 1.29 is 4.79 Å². The predicted octanol–water partition coefficient (Wildman–Crippen LogP) is 5.22. The first-order chi connectivity index (χ1) is 12.8. The van der Waals surface area contributed by atoms with Crippen LogP contribution in [0, 0.1) is 0 Å². The Balaban J connectivity index is 1.82. The van der Waals surface area contributed by atoms with Crippen molar-refractivity contribution in [2.45, 2.75) is 19.0 Å². The molecule has 0 saturated heterocycles. The van der Waals surface area contributed by atoms with Crippen molar-refractivity contribution >= 4 is 12.0 Å². The van der Waals surface area contributed by atoms with Gasteiger partial charge in [0.25, 0.3) is 0 Å². The van der Waals surface area contributed by atoms with Crippen LogP contribution in [0.1, 0.15) is 34.7 Å². The quantitative estimate of drug-likeness (QED) is 0.640. The number of benzene rings is 3. The molecule has 2 heteroatoms. The summed E-state index contributed by atoms with van der Waals surface area (Å²) in [6, 6.07) is 28.8. The van der Waals surface area contributed by atoms with Gasteiger partial charge < -0.3 is 4.90 Å². The highest BCUT2D eigenvalue weighted by Crippen LogP contribution is 2.32. The Labute approximate surface area is 154 Å². The molecule has 1 aliphatic rings. The van der Waals surface area contributed by atoms with Crippen molar-refractivity contribution in [1.82, 2.24) is 4.90 Å². The lowest BCUT2D eigenvalue weighted by molar-refractivity contribution is -0.132. The third kappa shape index (κ3) is 3.31. The van der Waals surface area contributed by atoms with Gasteiger partial charge in [0, 0.05) is 13.0 Å². The molecule has 3 aromatic rings. The van der Waals surface area contributed by atoms with Gasteiger partial charge in [-0.05, 0) is 22.3 Å². The highest BCUT2D eigenvalue weighted by Gasteiger charge is 2.27. The summed E-state index contributed by atoms with van der Waals surface area (Å²) in [6.45, 7) is 0.605. The molecule has 0 fully saturated rings. The van der Waals surface area contributed by atoms with Crippen LogP contribution in [0.4, 0.5) is 0 Å². The second kappa shape index (κ2) is 7.40. The van der Waals surface area contributed by atoms with Crippen molar-refractivity contribution in [3.63, 3.8) is 0 Å². The van der Waals surface area contributed by atoms with Gasteiger partial charge in [0.15, 0.2) is 0 Å². The fourth-order valence-electron chi connectivity index (χ4n) is 3.57. The molecular formula is C24H21NO. The second-order valence-corrected chi connectivity index (χ2v) is 6.55. The minimum absolute atomic E-state index is 0.0931. The van der Waals surface area contributed by atoms with Crippen molar-refractivity contribution in [2.75, 3.05) is 0 Å². The summed E-state index contributed by atoms with van der Waals surface area (Å²) < 4.78 is 0. The van der Waals surface area contributed by atoms with Gasteiger partial charge in [0.05, 0.1) is 6.04 Å². The van der Waals surface area contributed by atoms with Gasteiger partial charge in [-0.25, -0.2) is 0 Å². The highest BCUT2D eigenvalue weighted by molar-refractivity contribution is 5.80. The second-order valence-electron chi connectivity index (χ2n) is 6.55. The average Bonchev–Trinajstić information content (AvgIpc) is 2.69. The zero-order valence-corrected chi connectivity index (χ0v) is 14.6. The smallest absolute Gasteiger partial charge is 0.227 e. The molecule has 128 valence electrons. The monoisotopic (exact) mass is 339 g/mol. The van der Waals surface area contributed by atoms with Gasteiger partial charge in [-0.1, -0.05) is 97.1 Å². The normalized spacial score (nSPS) is 15.3. The van der Waals surface area contributed by atoms with Gasteiger partial charge in [-0.15, -0.1) is 0 Å². The molecule has 0 saturated carbocycles. The molecule has 3 aromatic carbocycles. The Bertz CT molecular complexity index is 876. The maximum absolute atomic E-state index is 13.0. The highest BCUT2D eigenvalue weighted by atomic mass is 16.2. The molecule has 0 spiro atoms. The molecule has 1 amide bonds. The lowest BCUT2D eigenvalue weighted by Gasteiger charge is -2.34. The van der Waals surface area contributed by atoms with E-state index in [4.69, 9.17) is 0 Å². The summed E-state index contributed by atoms with van der Waals surface area (Å²) in [6.07, 6.45) is 4.45. The number of hydrogen-bond acceptors (Lipinski definition) is 1. The summed E-state index contributed by atoms with van der Waals surface area (Å²) in [5.41, 5.74) is 4.63. The van der Waals surface area contributed by atoms with Crippen LogP contribution in [-0.2, 0) is 11.3 Å². The molecule has 1 heterocycles. The fourth-order valence-corrected chi connectivity index (χ4v) is 3.57. The van der Waals surface area contributed by atoms with Crippen LogP contribution in [0.2, 0.25) is 0 Å². The summed E-state index contributed by atoms with van der Waals surface area (Å²) >= 11 is 0. The van der Waals surface area contributed by atoms with E-state index in [0.29, 0.717) is 13.0 Å². The van der Waals surface area contributed by atoms with Gasteiger partial charge in [-0.2, -0.15) is 0 Å². The fraction of sp³-hybridized carbons (Fsp3) is 0.125. The van der Waals surface area contributed by atoms with Crippen molar-refractivity contribution in [3.05, 3.63) is 113 Å². The van der Waals surface area contributed by atoms with Gasteiger partial charge in [0.2, 0.25) is 5.91 Å². The Morgan fingerprint density at radius 1 is 0.731 bits per heavy atom. The topological polar surface area (TPSA) is 20.3 Å². The number of amides is 1. The predicted molar refractivity (Wildman–Crippen MR) is 105 cm³/mol. The molecule has 0 unspecified atom stereocenters. The van der Waals surface area contributed by atoms with Crippen LogP contribution in [0.25, 0.3) is 6.08 Å². The maximum Gasteiger partial charge on any atom is 0.227 e. The van der Waals surface area contributed by atoms with Gasteiger partial charge in [-0.3, -0.25) is 4.79 Å². The summed E-state index contributed by atoms with van der Waals surface area (Å²) in [5, 5.41) is 0. The molecule has 0 radical (unpaired) electrons. The molecule has 26 heavy (non-hydrogen) atoms. The number of hydrogen-bond donors (Lipinski definition) is 0. The average molecular weight is 339 g/mol. The number of rotatable bonds is 3. The third-order valence-electron chi connectivity index (χ3n) is 4.85. The molecule has 4 rings (SSSR count). The van der Waals surface area contributed by atoms with Crippen molar-refractivity contribution in [2.24, 2.45) is 0 Å². The Kier molecular flexibility index (Phi) is 4.65. The lowest BCUT2D eigenvalue weighted by Crippen LogP contribution is -2.35. The summed E-state index contributed by atoms with van der Waals surface area (Å²) in [4.78, 5) is 15.0. The third-order valence-corrected chi connectivity index (χ3v) is 4.85. The van der Waals surface area contributed by atoms with Crippen LogP contribution >= 0.6 is 0 Å². The van der Waals surface area contributed by atoms with E-state index in [1.165, 1.54) is 11.1 Å². The van der Waals surface area contributed by atoms with E-state index >= 15 is 0 Å². The lowest BCUT2D eigenvalue weighted by atomic mass is 9.94. The maximum atomic E-state index is 13.0. The van der Waals surface area contributed by atoms with Crippen molar-refractivity contribution in [3.8, 4) is 0 Å². The molecule has 1 aliphatic heterocycles. The number of carbonyl (C=O) groups excluding carboxylic acids is 1. The number of carbonyl (C=O) groups is 1. The van der Waals surface area contributed by atoms with Gasteiger partial charge in [0.1, 0.15) is 0 Å². The van der Waals surface area contributed by atoms with E-state index in [0.717, 1.165) is 11.1 Å². The standard InChI is InChI=1S/C24H21NO/c26-23-17-9-16-19-10-7-8-15-22(19)18-25(23)24(20-11-3-1-4-12-20)21-13-5-2-6-14-21/h1-16,24H,17-18H2/b16-9-. The molecule has 0 aliphatic carbocycles. The van der Waals surface area contributed by atoms with E-state index in [1.807, 2.05) is 59.5 Å². The van der Waals surface area contributed by atoms with Crippen LogP contribution in [0.3, 0.4) is 0 Å². The summed E-state index contributed by atoms with van der Waals surface area (Å²) in [7, 11) is 0. The first kappa shape index (κ1) is 16.3. The van der Waals surface area contributed by atoms with Crippen LogP contribution in [0.5, 0.6) is 0 Å². The van der Waals surface area contributed by atoms with E-state index in [9.17, 15) is 4.79 Å². The minimum atomic E-state index is -0.0931. The van der Waals surface area contributed by atoms with Crippen molar-refractivity contribution in [1.29, 1.82) is 0 Å². The number of fused-ring (bicyclic) bond motifs is 1. The Hall–Kier alpha value is -3.13. The van der Waals surface area contributed by atoms with E-state index in [2.05, 4.69) is 42.5 Å². The zero-order valence-electron chi connectivity index (χ0n) is 14.6. The van der Waals surface area contributed by atoms with Crippen LogP contribution in [-0.4, -0.2) is 10.8 Å². The number of nitrogens with zero attached hydrogens (tertiary/aromatic N) is 1. The minimum Gasteiger partial charge on any atom is -0.327 e. The first-order valence-electron chi connectivity index (χ1n) is 8.97. The van der Waals surface area contributed by atoms with Crippen LogP contribution in [0.15, 0.2) is 91.0 Å².